The zero-order valence-corrected chi connectivity index (χ0v) is 10.8. The molecule has 0 aromatic heterocycles. The molecule has 0 heterocycles. The van der Waals surface area contributed by atoms with Crippen LogP contribution in [0.3, 0.4) is 0 Å². The molecule has 2 rings (SSSR count). The fourth-order valence-electron chi connectivity index (χ4n) is 1.75. The van der Waals surface area contributed by atoms with Gasteiger partial charge in [-0.1, -0.05) is 53.5 Å². The maximum absolute atomic E-state index is 5.99. The molecule has 2 aromatic rings. The monoisotopic (exact) mass is 265 g/mol. The molecule has 0 unspecified atom stereocenters. The summed E-state index contributed by atoms with van der Waals surface area (Å²) in [7, 11) is 0. The zero-order chi connectivity index (χ0) is 12.3. The number of hydrogen-bond acceptors (Lipinski definition) is 1. The van der Waals surface area contributed by atoms with E-state index < -0.39 is 0 Å². The lowest BCUT2D eigenvalue weighted by atomic mass is 10.0. The second-order valence-electron chi connectivity index (χ2n) is 3.95. The second-order valence-corrected chi connectivity index (χ2v) is 4.76. The lowest BCUT2D eigenvalue weighted by Crippen LogP contribution is -1.97. The molecular weight excluding hydrogens is 253 g/mol. The van der Waals surface area contributed by atoms with E-state index in [-0.39, 0.29) is 0 Å². The molecule has 0 saturated heterocycles. The summed E-state index contributed by atoms with van der Waals surface area (Å²) in [6.07, 6.45) is 0.838. The molecule has 0 fully saturated rings. The maximum Gasteiger partial charge on any atom is 0.0595 e. The largest absolute Gasteiger partial charge is 0.326 e. The van der Waals surface area contributed by atoms with Gasteiger partial charge in [-0.15, -0.1) is 0 Å². The summed E-state index contributed by atoms with van der Waals surface area (Å²) in [4.78, 5) is 0. The van der Waals surface area contributed by atoms with E-state index >= 15 is 0 Å². The third-order valence-corrected chi connectivity index (χ3v) is 3.36. The fourth-order valence-corrected chi connectivity index (χ4v) is 2.07. The van der Waals surface area contributed by atoms with Crippen molar-refractivity contribution < 1.29 is 0 Å². The Kier molecular flexibility index (Phi) is 4.06. The molecule has 0 aliphatic rings. The summed E-state index contributed by atoms with van der Waals surface area (Å²) in [5.41, 5.74) is 9.13. The second kappa shape index (κ2) is 5.54. The lowest BCUT2D eigenvalue weighted by Gasteiger charge is -2.05. The van der Waals surface area contributed by atoms with E-state index in [0.29, 0.717) is 16.6 Å². The van der Waals surface area contributed by atoms with Gasteiger partial charge in [-0.3, -0.25) is 0 Å². The van der Waals surface area contributed by atoms with E-state index in [4.69, 9.17) is 28.9 Å². The summed E-state index contributed by atoms with van der Waals surface area (Å²) in [5, 5.41) is 1.19. The van der Waals surface area contributed by atoms with E-state index in [1.807, 2.05) is 30.3 Å². The molecule has 0 atom stereocenters. The third kappa shape index (κ3) is 3.22. The van der Waals surface area contributed by atoms with Gasteiger partial charge in [-0.2, -0.15) is 0 Å². The van der Waals surface area contributed by atoms with Crippen molar-refractivity contribution in [2.45, 2.75) is 13.0 Å². The molecule has 0 spiro atoms. The number of hydrogen-bond donors (Lipinski definition) is 1. The first-order valence-electron chi connectivity index (χ1n) is 5.41. The first-order valence-corrected chi connectivity index (χ1v) is 6.16. The lowest BCUT2D eigenvalue weighted by molar-refractivity contribution is 1.06. The third-order valence-electron chi connectivity index (χ3n) is 2.62. The standard InChI is InChI=1S/C14H13Cl2N/c15-13-5-4-11(8-14(13)16)6-10-2-1-3-12(7-10)9-17/h1-5,7-8H,6,9,17H2. The Balaban J connectivity index is 2.22. The van der Waals surface area contributed by atoms with Crippen LogP contribution in [0.1, 0.15) is 16.7 Å². The van der Waals surface area contributed by atoms with Crippen LogP contribution >= 0.6 is 23.2 Å². The highest BCUT2D eigenvalue weighted by atomic mass is 35.5. The van der Waals surface area contributed by atoms with Crippen molar-refractivity contribution in [1.82, 2.24) is 0 Å². The van der Waals surface area contributed by atoms with Crippen LogP contribution in [0.2, 0.25) is 10.0 Å². The Labute approximate surface area is 111 Å². The molecular formula is C14H13Cl2N. The van der Waals surface area contributed by atoms with Gasteiger partial charge in [-0.05, 0) is 35.2 Å². The van der Waals surface area contributed by atoms with Gasteiger partial charge in [0.05, 0.1) is 10.0 Å². The van der Waals surface area contributed by atoms with Gasteiger partial charge in [0.25, 0.3) is 0 Å². The normalized spacial score (nSPS) is 10.5. The Bertz CT molecular complexity index is 523. The molecule has 0 radical (unpaired) electrons. The molecule has 2 N–H and O–H groups in total. The molecule has 0 aliphatic carbocycles. The average molecular weight is 266 g/mol. The predicted molar refractivity (Wildman–Crippen MR) is 73.6 cm³/mol. The van der Waals surface area contributed by atoms with Crippen LogP contribution < -0.4 is 5.73 Å². The number of benzene rings is 2. The molecule has 3 heteroatoms. The minimum Gasteiger partial charge on any atom is -0.326 e. The summed E-state index contributed by atoms with van der Waals surface area (Å²) < 4.78 is 0. The average Bonchev–Trinajstić information content (AvgIpc) is 2.34. The summed E-state index contributed by atoms with van der Waals surface area (Å²) in [5.74, 6) is 0. The Hall–Kier alpha value is -1.02. The highest BCUT2D eigenvalue weighted by Crippen LogP contribution is 2.24. The first kappa shape index (κ1) is 12.4. The molecule has 2 aromatic carbocycles. The Morgan fingerprint density at radius 1 is 0.824 bits per heavy atom. The Morgan fingerprint density at radius 3 is 2.24 bits per heavy atom. The minimum atomic E-state index is 0.565. The van der Waals surface area contributed by atoms with E-state index in [1.54, 1.807) is 0 Å². The van der Waals surface area contributed by atoms with Gasteiger partial charge in [0.1, 0.15) is 0 Å². The molecule has 17 heavy (non-hydrogen) atoms. The van der Waals surface area contributed by atoms with Gasteiger partial charge in [-0.25, -0.2) is 0 Å². The van der Waals surface area contributed by atoms with Gasteiger partial charge >= 0.3 is 0 Å². The number of nitrogens with two attached hydrogens (primary N) is 1. The van der Waals surface area contributed by atoms with Crippen molar-refractivity contribution in [3.8, 4) is 0 Å². The van der Waals surface area contributed by atoms with Crippen LogP contribution in [0, 0.1) is 0 Å². The SMILES string of the molecule is NCc1cccc(Cc2ccc(Cl)c(Cl)c2)c1. The van der Waals surface area contributed by atoms with Crippen molar-refractivity contribution >= 4 is 23.2 Å². The molecule has 0 amide bonds. The van der Waals surface area contributed by atoms with Crippen LogP contribution in [0.5, 0.6) is 0 Å². The zero-order valence-electron chi connectivity index (χ0n) is 9.29. The van der Waals surface area contributed by atoms with E-state index in [0.717, 1.165) is 17.5 Å². The molecule has 88 valence electrons. The van der Waals surface area contributed by atoms with Crippen LogP contribution in [0.15, 0.2) is 42.5 Å². The van der Waals surface area contributed by atoms with E-state index in [1.165, 1.54) is 5.56 Å². The highest BCUT2D eigenvalue weighted by Gasteiger charge is 2.01. The molecule has 0 aliphatic heterocycles. The van der Waals surface area contributed by atoms with Gasteiger partial charge in [0.15, 0.2) is 0 Å². The number of halogens is 2. The van der Waals surface area contributed by atoms with Crippen LogP contribution in [-0.4, -0.2) is 0 Å². The van der Waals surface area contributed by atoms with Crippen LogP contribution in [0.4, 0.5) is 0 Å². The molecule has 1 nitrogen and oxygen atoms in total. The van der Waals surface area contributed by atoms with Crippen molar-refractivity contribution in [2.75, 3.05) is 0 Å². The van der Waals surface area contributed by atoms with Gasteiger partial charge < -0.3 is 5.73 Å². The summed E-state index contributed by atoms with van der Waals surface area (Å²) in [6.45, 7) is 0.565. The van der Waals surface area contributed by atoms with Crippen LogP contribution in [0.25, 0.3) is 0 Å². The summed E-state index contributed by atoms with van der Waals surface area (Å²) >= 11 is 11.9. The quantitative estimate of drug-likeness (QED) is 0.891. The van der Waals surface area contributed by atoms with E-state index in [2.05, 4.69) is 12.1 Å². The topological polar surface area (TPSA) is 26.0 Å². The van der Waals surface area contributed by atoms with Crippen LogP contribution in [-0.2, 0) is 13.0 Å². The van der Waals surface area contributed by atoms with Crippen molar-refractivity contribution in [3.63, 3.8) is 0 Å². The van der Waals surface area contributed by atoms with Crippen molar-refractivity contribution in [2.24, 2.45) is 5.73 Å². The van der Waals surface area contributed by atoms with E-state index in [9.17, 15) is 0 Å². The number of rotatable bonds is 3. The fraction of sp³-hybridized carbons (Fsp3) is 0.143. The first-order chi connectivity index (χ1) is 8.19. The minimum absolute atomic E-state index is 0.565. The molecule has 0 bridgehead atoms. The molecule has 0 saturated carbocycles. The highest BCUT2D eigenvalue weighted by molar-refractivity contribution is 6.42. The maximum atomic E-state index is 5.99. The summed E-state index contributed by atoms with van der Waals surface area (Å²) in [6, 6.07) is 14.0. The van der Waals surface area contributed by atoms with Crippen molar-refractivity contribution in [1.29, 1.82) is 0 Å². The smallest absolute Gasteiger partial charge is 0.0595 e. The predicted octanol–water partition coefficient (Wildman–Crippen LogP) is 4.04. The van der Waals surface area contributed by atoms with Gasteiger partial charge in [0, 0.05) is 6.54 Å². The van der Waals surface area contributed by atoms with Crippen molar-refractivity contribution in [3.05, 3.63) is 69.2 Å². The Morgan fingerprint density at radius 2 is 1.53 bits per heavy atom. The van der Waals surface area contributed by atoms with Gasteiger partial charge in [0.2, 0.25) is 0 Å².